The van der Waals surface area contributed by atoms with E-state index in [-0.39, 0.29) is 0 Å². The number of ether oxygens (including phenoxy) is 1. The van der Waals surface area contributed by atoms with Crippen molar-refractivity contribution < 1.29 is 9.26 Å². The molecule has 0 aromatic rings. The largest absolute Gasteiger partial charge is 0.380 e. The van der Waals surface area contributed by atoms with Gasteiger partial charge < -0.3 is 9.26 Å². The van der Waals surface area contributed by atoms with E-state index >= 15 is 0 Å². The molecular weight excluding hydrogens is 161 g/mol. The summed E-state index contributed by atoms with van der Waals surface area (Å²) in [7, 11) is 6.16. The molecule has 66 valence electrons. The molecule has 1 heterocycles. The summed E-state index contributed by atoms with van der Waals surface area (Å²) in [6.07, 6.45) is 1.48. The Morgan fingerprint density at radius 1 is 1.64 bits per heavy atom. The lowest BCUT2D eigenvalue weighted by atomic mass is 10.2. The van der Waals surface area contributed by atoms with E-state index in [1.165, 1.54) is 0 Å². The van der Waals surface area contributed by atoms with Crippen molar-refractivity contribution in [3.63, 3.8) is 0 Å². The number of rotatable bonds is 3. The van der Waals surface area contributed by atoms with Crippen LogP contribution in [0.25, 0.3) is 0 Å². The molecule has 0 aliphatic carbocycles. The van der Waals surface area contributed by atoms with Crippen LogP contribution in [-0.2, 0) is 9.26 Å². The van der Waals surface area contributed by atoms with Crippen molar-refractivity contribution >= 4 is 9.47 Å². The molecule has 3 unspecified atom stereocenters. The van der Waals surface area contributed by atoms with Crippen LogP contribution in [0.15, 0.2) is 0 Å². The van der Waals surface area contributed by atoms with Crippen LogP contribution >= 0.6 is 9.47 Å². The Labute approximate surface area is 70.3 Å². The van der Waals surface area contributed by atoms with Gasteiger partial charge in [0.05, 0.1) is 12.7 Å². The lowest BCUT2D eigenvalue weighted by Gasteiger charge is -2.16. The highest BCUT2D eigenvalue weighted by Crippen LogP contribution is 2.18. The van der Waals surface area contributed by atoms with Gasteiger partial charge >= 0.3 is 0 Å². The highest BCUT2D eigenvalue weighted by Gasteiger charge is 2.28. The van der Waals surface area contributed by atoms with Gasteiger partial charge in [-0.1, -0.05) is 0 Å². The van der Waals surface area contributed by atoms with Crippen molar-refractivity contribution in [3.05, 3.63) is 0 Å². The van der Waals surface area contributed by atoms with Gasteiger partial charge in [0.2, 0.25) is 0 Å². The van der Waals surface area contributed by atoms with Gasteiger partial charge in [-0.25, -0.2) is 0 Å². The molecule has 1 aliphatic heterocycles. The van der Waals surface area contributed by atoms with Gasteiger partial charge in [0.1, 0.15) is 0 Å². The number of nitrogens with zero attached hydrogens (tertiary/aromatic N) is 1. The first kappa shape index (κ1) is 9.40. The summed E-state index contributed by atoms with van der Waals surface area (Å²) < 4.78 is 10.3. The Hall–Kier alpha value is 0.310. The van der Waals surface area contributed by atoms with E-state index in [0.29, 0.717) is 12.1 Å². The first-order valence-corrected chi connectivity index (χ1v) is 4.29. The molecule has 11 heavy (non-hydrogen) atoms. The summed E-state index contributed by atoms with van der Waals surface area (Å²) in [4.78, 5) is 2.28. The quantitative estimate of drug-likeness (QED) is 0.586. The van der Waals surface area contributed by atoms with Crippen LogP contribution in [0.3, 0.4) is 0 Å². The van der Waals surface area contributed by atoms with E-state index < -0.39 is 0 Å². The fourth-order valence-electron chi connectivity index (χ4n) is 1.51. The predicted octanol–water partition coefficient (Wildman–Crippen LogP) is 0.512. The van der Waals surface area contributed by atoms with Crippen LogP contribution < -0.4 is 0 Å². The molecule has 1 aliphatic rings. The minimum Gasteiger partial charge on any atom is -0.380 e. The van der Waals surface area contributed by atoms with Crippen LogP contribution in [-0.4, -0.2) is 44.4 Å². The zero-order valence-corrected chi connectivity index (χ0v) is 8.27. The average molecular weight is 177 g/mol. The Balaban J connectivity index is 2.32. The first-order chi connectivity index (χ1) is 5.27. The topological polar surface area (TPSA) is 21.7 Å². The second-order valence-corrected chi connectivity index (χ2v) is 3.35. The fraction of sp³-hybridized carbons (Fsp3) is 1.00. The van der Waals surface area contributed by atoms with E-state index in [0.717, 1.165) is 19.6 Å². The third-order valence-corrected chi connectivity index (χ3v) is 2.46. The Bertz CT molecular complexity index is 123. The SMILES string of the molecule is COC1CC(COP)N(C)C1. The summed E-state index contributed by atoms with van der Waals surface area (Å²) in [5.74, 6) is 0. The predicted molar refractivity (Wildman–Crippen MR) is 47.5 cm³/mol. The smallest absolute Gasteiger partial charge is 0.0714 e. The summed E-state index contributed by atoms with van der Waals surface area (Å²) in [5.41, 5.74) is 0. The van der Waals surface area contributed by atoms with E-state index in [1.807, 2.05) is 0 Å². The second kappa shape index (κ2) is 4.36. The lowest BCUT2D eigenvalue weighted by molar-refractivity contribution is 0.111. The molecule has 0 amide bonds. The van der Waals surface area contributed by atoms with Gasteiger partial charge in [0, 0.05) is 29.2 Å². The van der Waals surface area contributed by atoms with Crippen LogP contribution in [0.5, 0.6) is 0 Å². The zero-order chi connectivity index (χ0) is 8.27. The average Bonchev–Trinajstić information content (AvgIpc) is 2.33. The highest BCUT2D eigenvalue weighted by atomic mass is 31.0. The molecule has 0 spiro atoms. The molecule has 0 aromatic carbocycles. The Kier molecular flexibility index (Phi) is 3.73. The monoisotopic (exact) mass is 177 g/mol. The maximum Gasteiger partial charge on any atom is 0.0714 e. The Morgan fingerprint density at radius 2 is 2.36 bits per heavy atom. The van der Waals surface area contributed by atoms with E-state index in [9.17, 15) is 0 Å². The number of hydrogen-bond acceptors (Lipinski definition) is 3. The minimum atomic E-state index is 0.394. The maximum atomic E-state index is 5.25. The van der Waals surface area contributed by atoms with Gasteiger partial charge in [0.15, 0.2) is 0 Å². The summed E-state index contributed by atoms with van der Waals surface area (Å²) >= 11 is 0. The normalized spacial score (nSPS) is 33.0. The molecule has 0 bridgehead atoms. The van der Waals surface area contributed by atoms with Gasteiger partial charge in [-0.05, 0) is 13.5 Å². The third kappa shape index (κ3) is 2.38. The molecule has 0 aromatic heterocycles. The van der Waals surface area contributed by atoms with Crippen molar-refractivity contribution in [1.29, 1.82) is 0 Å². The van der Waals surface area contributed by atoms with Gasteiger partial charge in [-0.2, -0.15) is 0 Å². The van der Waals surface area contributed by atoms with Crippen LogP contribution in [0.4, 0.5) is 0 Å². The molecule has 1 fully saturated rings. The second-order valence-electron chi connectivity index (χ2n) is 3.02. The fourth-order valence-corrected chi connectivity index (χ4v) is 1.73. The van der Waals surface area contributed by atoms with Crippen LogP contribution in [0.2, 0.25) is 0 Å². The maximum absolute atomic E-state index is 5.25. The molecule has 0 N–H and O–H groups in total. The van der Waals surface area contributed by atoms with E-state index in [4.69, 9.17) is 9.26 Å². The molecule has 1 rings (SSSR count). The summed E-state index contributed by atoms with van der Waals surface area (Å²) in [5, 5.41) is 0. The molecule has 1 saturated heterocycles. The molecule has 3 nitrogen and oxygen atoms in total. The Morgan fingerprint density at radius 3 is 2.82 bits per heavy atom. The number of methoxy groups -OCH3 is 1. The summed E-state index contributed by atoms with van der Waals surface area (Å²) in [6.45, 7) is 1.80. The van der Waals surface area contributed by atoms with Crippen molar-refractivity contribution in [2.24, 2.45) is 0 Å². The van der Waals surface area contributed by atoms with Crippen LogP contribution in [0.1, 0.15) is 6.42 Å². The molecular formula is C7H16NO2P. The van der Waals surface area contributed by atoms with Crippen molar-refractivity contribution in [2.45, 2.75) is 18.6 Å². The lowest BCUT2D eigenvalue weighted by Crippen LogP contribution is -2.28. The van der Waals surface area contributed by atoms with Gasteiger partial charge in [-0.3, -0.25) is 4.90 Å². The summed E-state index contributed by atoms with van der Waals surface area (Å²) in [6, 6.07) is 0.525. The highest BCUT2D eigenvalue weighted by molar-refractivity contribution is 7.09. The van der Waals surface area contributed by atoms with Gasteiger partial charge in [-0.15, -0.1) is 0 Å². The van der Waals surface area contributed by atoms with Crippen molar-refractivity contribution in [3.8, 4) is 0 Å². The number of likely N-dealkylation sites (N-methyl/N-ethyl adjacent to an activating group) is 1. The van der Waals surface area contributed by atoms with E-state index in [1.54, 1.807) is 7.11 Å². The minimum absolute atomic E-state index is 0.394. The molecule has 3 atom stereocenters. The van der Waals surface area contributed by atoms with Crippen LogP contribution in [0, 0.1) is 0 Å². The standard InChI is InChI=1S/C7H16NO2P/c1-8-4-7(9-2)3-6(8)5-10-11/h6-7H,3-5,11H2,1-2H3. The number of hydrogen-bond donors (Lipinski definition) is 0. The van der Waals surface area contributed by atoms with Gasteiger partial charge in [0.25, 0.3) is 0 Å². The molecule has 4 heteroatoms. The van der Waals surface area contributed by atoms with Crippen molar-refractivity contribution in [2.75, 3.05) is 27.3 Å². The molecule has 0 saturated carbocycles. The number of likely N-dealkylation sites (tertiary alicyclic amines) is 1. The first-order valence-electron chi connectivity index (χ1n) is 3.82. The van der Waals surface area contributed by atoms with E-state index in [2.05, 4.69) is 21.4 Å². The zero-order valence-electron chi connectivity index (χ0n) is 7.12. The third-order valence-electron chi connectivity index (χ3n) is 2.27. The van der Waals surface area contributed by atoms with Crippen molar-refractivity contribution in [1.82, 2.24) is 4.90 Å². The molecule has 0 radical (unpaired) electrons.